The summed E-state index contributed by atoms with van der Waals surface area (Å²) in [6, 6.07) is 7.68. The Morgan fingerprint density at radius 1 is 1.17 bits per heavy atom. The normalized spacial score (nSPS) is 11.8. The van der Waals surface area contributed by atoms with Crippen molar-refractivity contribution < 1.29 is 9.15 Å². The fourth-order valence-corrected chi connectivity index (χ4v) is 2.02. The summed E-state index contributed by atoms with van der Waals surface area (Å²) in [5, 5.41) is 7.94. The molecule has 0 N–H and O–H groups in total. The molecule has 0 aliphatic rings. The molecule has 0 spiro atoms. The third-order valence-electron chi connectivity index (χ3n) is 3.39. The first-order valence-corrected chi connectivity index (χ1v) is 7.89. The number of allylic oxidation sites excluding steroid dienone is 4. The van der Waals surface area contributed by atoms with Crippen LogP contribution in [0.1, 0.15) is 33.6 Å². The lowest BCUT2D eigenvalue weighted by Crippen LogP contribution is -1.82. The molecule has 0 unspecified atom stereocenters. The van der Waals surface area contributed by atoms with E-state index in [4.69, 9.17) is 9.15 Å². The minimum absolute atomic E-state index is 0.245. The smallest absolute Gasteiger partial charge is 0.342 e. The third-order valence-corrected chi connectivity index (χ3v) is 3.39. The standard InChI is InChI=1S/C19H23N3O2/c1-14(2)6-5-7-15(3)12-13-20-19-22-21-18(24-19)16-8-10-17(23-4)11-9-16/h6,8-13H,5,7H2,1-4H3/b15-12-,20-13-. The molecule has 0 bridgehead atoms. The fourth-order valence-electron chi connectivity index (χ4n) is 2.02. The van der Waals surface area contributed by atoms with E-state index in [1.54, 1.807) is 13.3 Å². The maximum Gasteiger partial charge on any atom is 0.342 e. The molecule has 0 radical (unpaired) electrons. The highest BCUT2D eigenvalue weighted by Gasteiger charge is 2.07. The van der Waals surface area contributed by atoms with Gasteiger partial charge in [0.1, 0.15) is 5.75 Å². The molecule has 0 fully saturated rings. The van der Waals surface area contributed by atoms with Crippen molar-refractivity contribution in [3.8, 4) is 17.2 Å². The number of hydrogen-bond acceptors (Lipinski definition) is 5. The predicted molar refractivity (Wildman–Crippen MR) is 96.9 cm³/mol. The Morgan fingerprint density at radius 3 is 2.58 bits per heavy atom. The fraction of sp³-hybridized carbons (Fsp3) is 0.316. The minimum Gasteiger partial charge on any atom is -0.497 e. The highest BCUT2D eigenvalue weighted by molar-refractivity contribution is 5.74. The molecule has 0 saturated carbocycles. The Labute approximate surface area is 142 Å². The number of aromatic nitrogens is 2. The Kier molecular flexibility index (Phi) is 6.49. The summed E-state index contributed by atoms with van der Waals surface area (Å²) >= 11 is 0. The number of rotatable bonds is 7. The molecule has 0 atom stereocenters. The third kappa shape index (κ3) is 5.50. The molecular weight excluding hydrogens is 302 g/mol. The van der Waals surface area contributed by atoms with Crippen LogP contribution >= 0.6 is 0 Å². The summed E-state index contributed by atoms with van der Waals surface area (Å²) < 4.78 is 10.7. The molecule has 2 rings (SSSR count). The van der Waals surface area contributed by atoms with Crippen molar-refractivity contribution in [2.75, 3.05) is 7.11 Å². The average molecular weight is 325 g/mol. The van der Waals surface area contributed by atoms with Crippen LogP contribution in [-0.4, -0.2) is 23.5 Å². The van der Waals surface area contributed by atoms with Gasteiger partial charge in [0.2, 0.25) is 5.89 Å². The topological polar surface area (TPSA) is 60.5 Å². The van der Waals surface area contributed by atoms with Gasteiger partial charge >= 0.3 is 6.01 Å². The first-order valence-electron chi connectivity index (χ1n) is 7.89. The maximum atomic E-state index is 5.54. The second kappa shape index (κ2) is 8.82. The van der Waals surface area contributed by atoms with Gasteiger partial charge in [0.15, 0.2) is 0 Å². The molecule has 24 heavy (non-hydrogen) atoms. The van der Waals surface area contributed by atoms with E-state index in [9.17, 15) is 0 Å². The van der Waals surface area contributed by atoms with Crippen LogP contribution in [0.2, 0.25) is 0 Å². The monoisotopic (exact) mass is 325 g/mol. The van der Waals surface area contributed by atoms with Crippen molar-refractivity contribution in [2.24, 2.45) is 4.99 Å². The number of benzene rings is 1. The molecule has 1 aromatic heterocycles. The van der Waals surface area contributed by atoms with Gasteiger partial charge in [-0.05, 0) is 64.0 Å². The van der Waals surface area contributed by atoms with Crippen LogP contribution < -0.4 is 4.74 Å². The van der Waals surface area contributed by atoms with E-state index < -0.39 is 0 Å². The zero-order chi connectivity index (χ0) is 17.4. The van der Waals surface area contributed by atoms with Gasteiger partial charge in [0.25, 0.3) is 0 Å². The molecular formula is C19H23N3O2. The first kappa shape index (κ1) is 17.7. The van der Waals surface area contributed by atoms with Crippen molar-refractivity contribution in [3.63, 3.8) is 0 Å². The summed E-state index contributed by atoms with van der Waals surface area (Å²) in [5.74, 6) is 1.22. The van der Waals surface area contributed by atoms with Gasteiger partial charge < -0.3 is 9.15 Å². The Balaban J connectivity index is 1.96. The van der Waals surface area contributed by atoms with Crippen molar-refractivity contribution >= 4 is 12.2 Å². The highest BCUT2D eigenvalue weighted by Crippen LogP contribution is 2.23. The largest absolute Gasteiger partial charge is 0.497 e. The van der Waals surface area contributed by atoms with E-state index in [0.29, 0.717) is 5.89 Å². The van der Waals surface area contributed by atoms with Crippen molar-refractivity contribution in [1.82, 2.24) is 10.2 Å². The lowest BCUT2D eigenvalue weighted by Gasteiger charge is -1.98. The van der Waals surface area contributed by atoms with Gasteiger partial charge in [-0.1, -0.05) is 22.3 Å². The average Bonchev–Trinajstić information content (AvgIpc) is 3.03. The second-order valence-corrected chi connectivity index (χ2v) is 5.73. The zero-order valence-corrected chi connectivity index (χ0v) is 14.6. The predicted octanol–water partition coefficient (Wildman–Crippen LogP) is 5.14. The van der Waals surface area contributed by atoms with Crippen LogP contribution in [0, 0.1) is 0 Å². The second-order valence-electron chi connectivity index (χ2n) is 5.73. The van der Waals surface area contributed by atoms with Gasteiger partial charge in [-0.3, -0.25) is 0 Å². The quantitative estimate of drug-likeness (QED) is 0.522. The number of ether oxygens (including phenoxy) is 1. The summed E-state index contributed by atoms with van der Waals surface area (Å²) in [4.78, 5) is 4.19. The molecule has 5 nitrogen and oxygen atoms in total. The molecule has 126 valence electrons. The Bertz CT molecular complexity index is 736. The van der Waals surface area contributed by atoms with Gasteiger partial charge in [-0.2, -0.15) is 0 Å². The molecule has 0 amide bonds. The highest BCUT2D eigenvalue weighted by atomic mass is 16.5. The number of methoxy groups -OCH3 is 1. The summed E-state index contributed by atoms with van der Waals surface area (Å²) in [6.07, 6.45) is 7.95. The van der Waals surface area contributed by atoms with Gasteiger partial charge in [-0.15, -0.1) is 5.10 Å². The minimum atomic E-state index is 0.245. The summed E-state index contributed by atoms with van der Waals surface area (Å²) in [6.45, 7) is 6.30. The van der Waals surface area contributed by atoms with Crippen molar-refractivity contribution in [2.45, 2.75) is 33.6 Å². The molecule has 2 aromatic rings. The Morgan fingerprint density at radius 2 is 1.92 bits per heavy atom. The van der Waals surface area contributed by atoms with Crippen molar-refractivity contribution in [1.29, 1.82) is 0 Å². The van der Waals surface area contributed by atoms with Crippen LogP contribution in [0.5, 0.6) is 5.75 Å². The van der Waals surface area contributed by atoms with E-state index in [-0.39, 0.29) is 6.01 Å². The van der Waals surface area contributed by atoms with Crippen molar-refractivity contribution in [3.05, 3.63) is 47.6 Å². The molecule has 0 saturated heterocycles. The molecule has 5 heteroatoms. The summed E-state index contributed by atoms with van der Waals surface area (Å²) in [7, 11) is 1.63. The van der Waals surface area contributed by atoms with E-state index >= 15 is 0 Å². The number of aliphatic imine (C=N–C) groups is 1. The van der Waals surface area contributed by atoms with E-state index in [0.717, 1.165) is 24.2 Å². The van der Waals surface area contributed by atoms with Crippen LogP contribution in [0.3, 0.4) is 0 Å². The van der Waals surface area contributed by atoms with E-state index in [1.165, 1.54) is 11.1 Å². The molecule has 1 aromatic carbocycles. The van der Waals surface area contributed by atoms with Gasteiger partial charge in [-0.25, -0.2) is 4.99 Å². The van der Waals surface area contributed by atoms with E-state index in [2.05, 4.69) is 42.0 Å². The SMILES string of the molecule is COc1ccc(-c2nnc(/N=C\C=C(\C)CCC=C(C)C)o2)cc1. The molecule has 0 aliphatic carbocycles. The number of nitrogens with zero attached hydrogens (tertiary/aromatic N) is 3. The Hall–Kier alpha value is -2.69. The lowest BCUT2D eigenvalue weighted by molar-refractivity contribution is 0.415. The van der Waals surface area contributed by atoms with Gasteiger partial charge in [0.05, 0.1) is 7.11 Å². The summed E-state index contributed by atoms with van der Waals surface area (Å²) in [5.41, 5.74) is 3.43. The molecule has 1 heterocycles. The number of hydrogen-bond donors (Lipinski definition) is 0. The van der Waals surface area contributed by atoms with Crippen LogP contribution in [-0.2, 0) is 0 Å². The van der Waals surface area contributed by atoms with Crippen LogP contribution in [0.15, 0.2) is 57.0 Å². The van der Waals surface area contributed by atoms with Crippen LogP contribution in [0.25, 0.3) is 11.5 Å². The first-order chi connectivity index (χ1) is 11.6. The van der Waals surface area contributed by atoms with Gasteiger partial charge in [0, 0.05) is 11.8 Å². The van der Waals surface area contributed by atoms with E-state index in [1.807, 2.05) is 30.3 Å². The maximum absolute atomic E-state index is 5.54. The van der Waals surface area contributed by atoms with Crippen LogP contribution in [0.4, 0.5) is 6.01 Å². The zero-order valence-electron chi connectivity index (χ0n) is 14.6. The molecule has 0 aliphatic heterocycles. The lowest BCUT2D eigenvalue weighted by atomic mass is 10.1.